The molecule has 82 valence electrons. The summed E-state index contributed by atoms with van der Waals surface area (Å²) in [6.45, 7) is 4.14. The largest absolute Gasteiger partial charge is 0.350 e. The van der Waals surface area contributed by atoms with Crippen LogP contribution in [0.5, 0.6) is 0 Å². The van der Waals surface area contributed by atoms with Crippen molar-refractivity contribution >= 4 is 21.8 Å². The predicted octanol–water partition coefficient (Wildman–Crippen LogP) is 3.37. The van der Waals surface area contributed by atoms with Crippen molar-refractivity contribution in [1.82, 2.24) is 5.32 Å². The maximum absolute atomic E-state index is 11.8. The molecule has 0 aromatic heterocycles. The van der Waals surface area contributed by atoms with E-state index >= 15 is 0 Å². The summed E-state index contributed by atoms with van der Waals surface area (Å²) < 4.78 is 0.929. The quantitative estimate of drug-likeness (QED) is 0.893. The first-order valence-corrected chi connectivity index (χ1v) is 5.99. The first-order valence-electron chi connectivity index (χ1n) is 5.20. The number of benzene rings is 1. The average Bonchev–Trinajstić information content (AvgIpc) is 2.18. The van der Waals surface area contributed by atoms with Crippen molar-refractivity contribution in [2.45, 2.75) is 32.7 Å². The molecule has 2 nitrogen and oxygen atoms in total. The van der Waals surface area contributed by atoms with Crippen molar-refractivity contribution in [3.8, 4) is 0 Å². The van der Waals surface area contributed by atoms with Gasteiger partial charge in [0.2, 0.25) is 0 Å². The third kappa shape index (κ3) is 4.04. The van der Waals surface area contributed by atoms with E-state index in [4.69, 9.17) is 0 Å². The van der Waals surface area contributed by atoms with E-state index in [1.54, 1.807) is 0 Å². The molecule has 1 rings (SSSR count). The van der Waals surface area contributed by atoms with Crippen molar-refractivity contribution < 1.29 is 4.79 Å². The highest BCUT2D eigenvalue weighted by Gasteiger charge is 2.08. The molecular formula is C12H16BrNO. The van der Waals surface area contributed by atoms with Gasteiger partial charge in [-0.05, 0) is 31.5 Å². The molecule has 15 heavy (non-hydrogen) atoms. The highest BCUT2D eigenvalue weighted by Crippen LogP contribution is 2.11. The van der Waals surface area contributed by atoms with E-state index in [9.17, 15) is 4.79 Å². The van der Waals surface area contributed by atoms with Crippen molar-refractivity contribution in [2.75, 3.05) is 0 Å². The zero-order valence-corrected chi connectivity index (χ0v) is 10.7. The fraction of sp³-hybridized carbons (Fsp3) is 0.417. The number of amides is 1. The lowest BCUT2D eigenvalue weighted by Crippen LogP contribution is -2.32. The van der Waals surface area contributed by atoms with Gasteiger partial charge in [-0.1, -0.05) is 35.3 Å². The summed E-state index contributed by atoms with van der Waals surface area (Å²) in [5, 5.41) is 2.96. The topological polar surface area (TPSA) is 29.1 Å². The van der Waals surface area contributed by atoms with Crippen LogP contribution in [0.25, 0.3) is 0 Å². The molecule has 0 radical (unpaired) electrons. The molecule has 0 bridgehead atoms. The molecule has 1 atom stereocenters. The van der Waals surface area contributed by atoms with Crippen LogP contribution in [0, 0.1) is 0 Å². The summed E-state index contributed by atoms with van der Waals surface area (Å²) in [5.74, 6) is -0.00255. The Morgan fingerprint density at radius 3 is 2.87 bits per heavy atom. The lowest BCUT2D eigenvalue weighted by molar-refractivity contribution is 0.0938. The van der Waals surface area contributed by atoms with E-state index in [2.05, 4.69) is 28.2 Å². The van der Waals surface area contributed by atoms with E-state index < -0.39 is 0 Å². The van der Waals surface area contributed by atoms with Gasteiger partial charge < -0.3 is 5.32 Å². The maximum atomic E-state index is 11.8. The van der Waals surface area contributed by atoms with Gasteiger partial charge in [-0.15, -0.1) is 0 Å². The number of hydrogen-bond donors (Lipinski definition) is 1. The molecular weight excluding hydrogens is 254 g/mol. The number of halogens is 1. The minimum atomic E-state index is -0.00255. The lowest BCUT2D eigenvalue weighted by atomic mass is 10.1. The summed E-state index contributed by atoms with van der Waals surface area (Å²) in [6, 6.07) is 7.66. The Bertz CT molecular complexity index is 338. The standard InChI is InChI=1S/C12H16BrNO/c1-3-5-9(2)14-12(15)10-6-4-7-11(13)8-10/h4,6-9H,3,5H2,1-2H3,(H,14,15)/t9-/m0/s1. The van der Waals surface area contributed by atoms with Crippen LogP contribution in [0.1, 0.15) is 37.0 Å². The van der Waals surface area contributed by atoms with Crippen LogP contribution in [-0.2, 0) is 0 Å². The Morgan fingerprint density at radius 2 is 2.27 bits per heavy atom. The summed E-state index contributed by atoms with van der Waals surface area (Å²) in [6.07, 6.45) is 2.10. The first kappa shape index (κ1) is 12.2. The van der Waals surface area contributed by atoms with E-state index in [1.807, 2.05) is 31.2 Å². The van der Waals surface area contributed by atoms with Gasteiger partial charge in [0, 0.05) is 16.1 Å². The van der Waals surface area contributed by atoms with Gasteiger partial charge in [0.1, 0.15) is 0 Å². The maximum Gasteiger partial charge on any atom is 0.251 e. The monoisotopic (exact) mass is 269 g/mol. The van der Waals surface area contributed by atoms with Crippen LogP contribution in [0.3, 0.4) is 0 Å². The number of carbonyl (C=O) groups excluding carboxylic acids is 1. The van der Waals surface area contributed by atoms with Gasteiger partial charge in [0.05, 0.1) is 0 Å². The molecule has 0 spiro atoms. The van der Waals surface area contributed by atoms with Crippen molar-refractivity contribution in [3.63, 3.8) is 0 Å². The molecule has 0 aliphatic carbocycles. The minimum Gasteiger partial charge on any atom is -0.350 e. The Hall–Kier alpha value is -0.830. The second-order valence-electron chi connectivity index (χ2n) is 3.67. The Labute approximate surface area is 99.2 Å². The first-order chi connectivity index (χ1) is 7.13. The van der Waals surface area contributed by atoms with Gasteiger partial charge in [-0.2, -0.15) is 0 Å². The van der Waals surface area contributed by atoms with E-state index in [1.165, 1.54) is 0 Å². The second-order valence-corrected chi connectivity index (χ2v) is 4.59. The van der Waals surface area contributed by atoms with Crippen molar-refractivity contribution in [1.29, 1.82) is 0 Å². The smallest absolute Gasteiger partial charge is 0.251 e. The van der Waals surface area contributed by atoms with Gasteiger partial charge in [-0.25, -0.2) is 0 Å². The van der Waals surface area contributed by atoms with E-state index in [0.29, 0.717) is 5.56 Å². The lowest BCUT2D eigenvalue weighted by Gasteiger charge is -2.12. The summed E-state index contributed by atoms with van der Waals surface area (Å²) in [4.78, 5) is 11.8. The highest BCUT2D eigenvalue weighted by molar-refractivity contribution is 9.10. The Kier molecular flexibility index (Phi) is 4.82. The van der Waals surface area contributed by atoms with Crippen LogP contribution in [0.2, 0.25) is 0 Å². The van der Waals surface area contributed by atoms with Crippen molar-refractivity contribution in [3.05, 3.63) is 34.3 Å². The molecule has 0 fully saturated rings. The normalized spacial score (nSPS) is 12.2. The zero-order chi connectivity index (χ0) is 11.3. The van der Waals surface area contributed by atoms with Gasteiger partial charge in [-0.3, -0.25) is 4.79 Å². The zero-order valence-electron chi connectivity index (χ0n) is 9.09. The van der Waals surface area contributed by atoms with Gasteiger partial charge in [0.25, 0.3) is 5.91 Å². The molecule has 1 aromatic rings. The fourth-order valence-electron chi connectivity index (χ4n) is 1.44. The molecule has 3 heteroatoms. The summed E-state index contributed by atoms with van der Waals surface area (Å²) in [7, 11) is 0. The Morgan fingerprint density at radius 1 is 1.53 bits per heavy atom. The van der Waals surface area contributed by atoms with Crippen LogP contribution in [-0.4, -0.2) is 11.9 Å². The number of hydrogen-bond acceptors (Lipinski definition) is 1. The van der Waals surface area contributed by atoms with E-state index in [0.717, 1.165) is 17.3 Å². The molecule has 1 amide bonds. The molecule has 0 heterocycles. The molecule has 0 aliphatic rings. The van der Waals surface area contributed by atoms with Gasteiger partial charge >= 0.3 is 0 Å². The van der Waals surface area contributed by atoms with Gasteiger partial charge in [0.15, 0.2) is 0 Å². The van der Waals surface area contributed by atoms with E-state index in [-0.39, 0.29) is 11.9 Å². The van der Waals surface area contributed by atoms with Crippen LogP contribution in [0.15, 0.2) is 28.7 Å². The minimum absolute atomic E-state index is 0.00255. The number of carbonyl (C=O) groups is 1. The predicted molar refractivity (Wildman–Crippen MR) is 66.0 cm³/mol. The second kappa shape index (κ2) is 5.91. The molecule has 0 saturated heterocycles. The SMILES string of the molecule is CCC[C@H](C)NC(=O)c1cccc(Br)c1. The summed E-state index contributed by atoms with van der Waals surface area (Å²) in [5.41, 5.74) is 0.701. The summed E-state index contributed by atoms with van der Waals surface area (Å²) >= 11 is 3.35. The molecule has 0 aliphatic heterocycles. The third-order valence-corrected chi connectivity index (χ3v) is 2.68. The van der Waals surface area contributed by atoms with Crippen LogP contribution < -0.4 is 5.32 Å². The molecule has 0 unspecified atom stereocenters. The van der Waals surface area contributed by atoms with Crippen LogP contribution >= 0.6 is 15.9 Å². The van der Waals surface area contributed by atoms with Crippen molar-refractivity contribution in [2.24, 2.45) is 0 Å². The molecule has 1 aromatic carbocycles. The van der Waals surface area contributed by atoms with Crippen LogP contribution in [0.4, 0.5) is 0 Å². The average molecular weight is 270 g/mol. The highest BCUT2D eigenvalue weighted by atomic mass is 79.9. The Balaban J connectivity index is 2.61. The molecule has 1 N–H and O–H groups in total. The third-order valence-electron chi connectivity index (χ3n) is 2.19. The fourth-order valence-corrected chi connectivity index (χ4v) is 1.84. The number of rotatable bonds is 4. The molecule has 0 saturated carbocycles. The number of nitrogens with one attached hydrogen (secondary N) is 1.